The molecule has 0 aliphatic carbocycles. The lowest BCUT2D eigenvalue weighted by atomic mass is 10.2. The first-order chi connectivity index (χ1) is 12.1. The van der Waals surface area contributed by atoms with Gasteiger partial charge in [-0.05, 0) is 57.6 Å². The molecule has 4 nitrogen and oxygen atoms in total. The quantitative estimate of drug-likeness (QED) is 0.575. The predicted molar refractivity (Wildman–Crippen MR) is 103 cm³/mol. The Balaban J connectivity index is 1.60. The van der Waals surface area contributed by atoms with Crippen LogP contribution < -0.4 is 4.74 Å². The van der Waals surface area contributed by atoms with Crippen LogP contribution in [0.5, 0.6) is 5.75 Å². The van der Waals surface area contributed by atoms with Crippen LogP contribution in [0, 0.1) is 6.92 Å². The van der Waals surface area contributed by atoms with Crippen LogP contribution in [0.1, 0.15) is 24.2 Å². The van der Waals surface area contributed by atoms with E-state index in [0.29, 0.717) is 0 Å². The first-order valence-electron chi connectivity index (χ1n) is 8.92. The van der Waals surface area contributed by atoms with Crippen LogP contribution in [0.25, 0.3) is 11.0 Å². The molecule has 132 valence electrons. The van der Waals surface area contributed by atoms with Crippen LogP contribution in [-0.4, -0.2) is 35.2 Å². The zero-order valence-electron chi connectivity index (χ0n) is 15.4. The lowest BCUT2D eigenvalue weighted by Crippen LogP contribution is -2.16. The summed E-state index contributed by atoms with van der Waals surface area (Å²) in [4.78, 5) is 6.97. The van der Waals surface area contributed by atoms with Crippen LogP contribution >= 0.6 is 0 Å². The van der Waals surface area contributed by atoms with Gasteiger partial charge in [-0.2, -0.15) is 0 Å². The van der Waals surface area contributed by atoms with Gasteiger partial charge in [-0.1, -0.05) is 30.3 Å². The smallest absolute Gasteiger partial charge is 0.124 e. The van der Waals surface area contributed by atoms with E-state index in [1.165, 1.54) is 11.1 Å². The minimum Gasteiger partial charge on any atom is -0.493 e. The Labute approximate surface area is 150 Å². The zero-order chi connectivity index (χ0) is 17.6. The SMILES string of the molecule is Cc1ccccc1OCCCCn1c(CN(C)C)nc2ccccc21. The van der Waals surface area contributed by atoms with Crippen LogP contribution in [0.3, 0.4) is 0 Å². The Morgan fingerprint density at radius 3 is 2.56 bits per heavy atom. The Morgan fingerprint density at radius 1 is 1.00 bits per heavy atom. The molecule has 0 unspecified atom stereocenters. The minimum atomic E-state index is 0.750. The number of para-hydroxylation sites is 3. The normalized spacial score (nSPS) is 11.4. The summed E-state index contributed by atoms with van der Waals surface area (Å²) < 4.78 is 8.26. The molecule has 1 heterocycles. The third-order valence-electron chi connectivity index (χ3n) is 4.32. The van der Waals surface area contributed by atoms with Gasteiger partial charge in [0.2, 0.25) is 0 Å². The molecule has 3 aromatic rings. The van der Waals surface area contributed by atoms with E-state index in [2.05, 4.69) is 60.8 Å². The second-order valence-electron chi connectivity index (χ2n) is 6.73. The summed E-state index contributed by atoms with van der Waals surface area (Å²) in [7, 11) is 4.17. The van der Waals surface area contributed by atoms with Crippen molar-refractivity contribution in [2.24, 2.45) is 0 Å². The van der Waals surface area contributed by atoms with E-state index in [1.54, 1.807) is 0 Å². The lowest BCUT2D eigenvalue weighted by molar-refractivity contribution is 0.300. The number of rotatable bonds is 8. The Morgan fingerprint density at radius 2 is 1.76 bits per heavy atom. The molecule has 2 aromatic carbocycles. The molecule has 0 saturated carbocycles. The van der Waals surface area contributed by atoms with Gasteiger partial charge in [0.1, 0.15) is 11.6 Å². The number of fused-ring (bicyclic) bond motifs is 1. The zero-order valence-corrected chi connectivity index (χ0v) is 15.4. The molecule has 0 saturated heterocycles. The fourth-order valence-electron chi connectivity index (χ4n) is 3.05. The maximum Gasteiger partial charge on any atom is 0.124 e. The van der Waals surface area contributed by atoms with Crippen molar-refractivity contribution in [3.8, 4) is 5.75 Å². The van der Waals surface area contributed by atoms with Crippen LogP contribution in [-0.2, 0) is 13.1 Å². The number of aromatic nitrogens is 2. The second kappa shape index (κ2) is 8.17. The monoisotopic (exact) mass is 337 g/mol. The third-order valence-corrected chi connectivity index (χ3v) is 4.32. The van der Waals surface area contributed by atoms with E-state index in [4.69, 9.17) is 9.72 Å². The van der Waals surface area contributed by atoms with E-state index in [1.807, 2.05) is 18.2 Å². The van der Waals surface area contributed by atoms with E-state index < -0.39 is 0 Å². The lowest BCUT2D eigenvalue weighted by Gasteiger charge is -2.13. The maximum atomic E-state index is 5.91. The second-order valence-corrected chi connectivity index (χ2v) is 6.73. The molecule has 0 amide bonds. The van der Waals surface area contributed by atoms with Gasteiger partial charge in [0.15, 0.2) is 0 Å². The molecule has 0 atom stereocenters. The maximum absolute atomic E-state index is 5.91. The summed E-state index contributed by atoms with van der Waals surface area (Å²) in [6, 6.07) is 16.6. The van der Waals surface area contributed by atoms with Gasteiger partial charge in [0.05, 0.1) is 24.2 Å². The van der Waals surface area contributed by atoms with Gasteiger partial charge in [-0.15, -0.1) is 0 Å². The van der Waals surface area contributed by atoms with Gasteiger partial charge < -0.3 is 14.2 Å². The highest BCUT2D eigenvalue weighted by Crippen LogP contribution is 2.19. The summed E-state index contributed by atoms with van der Waals surface area (Å²) >= 11 is 0. The van der Waals surface area contributed by atoms with Gasteiger partial charge in [0, 0.05) is 6.54 Å². The first-order valence-corrected chi connectivity index (χ1v) is 8.92. The molecule has 0 spiro atoms. The van der Waals surface area contributed by atoms with Gasteiger partial charge in [0.25, 0.3) is 0 Å². The molecule has 0 fully saturated rings. The van der Waals surface area contributed by atoms with Crippen molar-refractivity contribution in [3.63, 3.8) is 0 Å². The average molecular weight is 337 g/mol. The summed E-state index contributed by atoms with van der Waals surface area (Å²) in [5.74, 6) is 2.12. The molecule has 0 radical (unpaired) electrons. The number of hydrogen-bond acceptors (Lipinski definition) is 3. The Hall–Kier alpha value is -2.33. The summed E-state index contributed by atoms with van der Waals surface area (Å²) in [5, 5.41) is 0. The van der Waals surface area contributed by atoms with Gasteiger partial charge in [-0.3, -0.25) is 0 Å². The van der Waals surface area contributed by atoms with Crippen molar-refractivity contribution in [1.82, 2.24) is 14.5 Å². The number of imidazole rings is 1. The van der Waals surface area contributed by atoms with E-state index in [9.17, 15) is 0 Å². The van der Waals surface area contributed by atoms with E-state index >= 15 is 0 Å². The van der Waals surface area contributed by atoms with Gasteiger partial charge >= 0.3 is 0 Å². The molecule has 0 bridgehead atoms. The number of hydrogen-bond donors (Lipinski definition) is 0. The van der Waals surface area contributed by atoms with Crippen molar-refractivity contribution < 1.29 is 4.74 Å². The highest BCUT2D eigenvalue weighted by molar-refractivity contribution is 5.75. The largest absolute Gasteiger partial charge is 0.493 e. The van der Waals surface area contributed by atoms with Crippen molar-refractivity contribution in [1.29, 1.82) is 0 Å². The molecule has 0 aliphatic heterocycles. The number of aryl methyl sites for hydroxylation is 2. The van der Waals surface area contributed by atoms with Crippen molar-refractivity contribution in [2.75, 3.05) is 20.7 Å². The van der Waals surface area contributed by atoms with Crippen molar-refractivity contribution in [3.05, 3.63) is 59.9 Å². The first kappa shape index (κ1) is 17.5. The highest BCUT2D eigenvalue weighted by Gasteiger charge is 2.10. The average Bonchev–Trinajstić information content (AvgIpc) is 2.93. The predicted octanol–water partition coefficient (Wildman–Crippen LogP) is 4.27. The van der Waals surface area contributed by atoms with Crippen LogP contribution in [0.2, 0.25) is 0 Å². The molecule has 0 aliphatic rings. The summed E-state index contributed by atoms with van der Waals surface area (Å²) in [5.41, 5.74) is 3.49. The van der Waals surface area contributed by atoms with E-state index in [0.717, 1.165) is 49.6 Å². The highest BCUT2D eigenvalue weighted by atomic mass is 16.5. The Bertz CT molecular complexity index is 823. The number of nitrogens with zero attached hydrogens (tertiary/aromatic N) is 3. The fourth-order valence-corrected chi connectivity index (χ4v) is 3.05. The van der Waals surface area contributed by atoms with Gasteiger partial charge in [-0.25, -0.2) is 4.98 Å². The van der Waals surface area contributed by atoms with Crippen LogP contribution in [0.4, 0.5) is 0 Å². The molecular formula is C21H27N3O. The third kappa shape index (κ3) is 4.40. The summed E-state index contributed by atoms with van der Waals surface area (Å²) in [6.45, 7) is 4.66. The topological polar surface area (TPSA) is 30.3 Å². The standard InChI is InChI=1S/C21H27N3O/c1-17-10-4-7-13-20(17)25-15-9-8-14-24-19-12-6-5-11-18(19)22-21(24)16-23(2)3/h4-7,10-13H,8-9,14-16H2,1-3H3. The minimum absolute atomic E-state index is 0.750. The fraction of sp³-hybridized carbons (Fsp3) is 0.381. The molecule has 25 heavy (non-hydrogen) atoms. The number of unbranched alkanes of at least 4 members (excludes halogenated alkanes) is 1. The molecule has 1 aromatic heterocycles. The van der Waals surface area contributed by atoms with E-state index in [-0.39, 0.29) is 0 Å². The number of ether oxygens (including phenoxy) is 1. The Kier molecular flexibility index (Phi) is 5.71. The summed E-state index contributed by atoms with van der Waals surface area (Å²) in [6.07, 6.45) is 2.11. The molecule has 3 rings (SSSR count). The van der Waals surface area contributed by atoms with Crippen LogP contribution in [0.15, 0.2) is 48.5 Å². The molecule has 0 N–H and O–H groups in total. The van der Waals surface area contributed by atoms with Crippen molar-refractivity contribution >= 4 is 11.0 Å². The molecule has 4 heteroatoms. The van der Waals surface area contributed by atoms with Crippen molar-refractivity contribution in [2.45, 2.75) is 32.9 Å². The molecular weight excluding hydrogens is 310 g/mol. The number of benzene rings is 2.